The van der Waals surface area contributed by atoms with E-state index in [1.165, 1.54) is 27.5 Å². The van der Waals surface area contributed by atoms with Crippen LogP contribution in [-0.4, -0.2) is 35.9 Å². The molecule has 0 spiro atoms. The average Bonchev–Trinajstić information content (AvgIpc) is 3.21. The summed E-state index contributed by atoms with van der Waals surface area (Å²) in [4.78, 5) is 4.50. The minimum Gasteiger partial charge on any atom is -0.497 e. The first-order chi connectivity index (χ1) is 14.9. The summed E-state index contributed by atoms with van der Waals surface area (Å²) in [7, 11) is 4.51. The van der Waals surface area contributed by atoms with Crippen LogP contribution in [0.2, 0.25) is 0 Å². The molecule has 2 aromatic heterocycles. The molecule has 0 radical (unpaired) electrons. The van der Waals surface area contributed by atoms with Gasteiger partial charge in [0, 0.05) is 11.1 Å². The van der Waals surface area contributed by atoms with Crippen LogP contribution in [0.15, 0.2) is 54.7 Å². The van der Waals surface area contributed by atoms with Gasteiger partial charge >= 0.3 is 6.18 Å². The predicted molar refractivity (Wildman–Crippen MR) is 109 cm³/mol. The average molecular weight is 429 g/mol. The number of aromatic nitrogens is 3. The van der Waals surface area contributed by atoms with E-state index in [2.05, 4.69) is 10.1 Å². The highest BCUT2D eigenvalue weighted by molar-refractivity contribution is 5.80. The van der Waals surface area contributed by atoms with Crippen molar-refractivity contribution in [1.29, 1.82) is 0 Å². The van der Waals surface area contributed by atoms with E-state index in [9.17, 15) is 13.2 Å². The van der Waals surface area contributed by atoms with Crippen molar-refractivity contribution in [2.45, 2.75) is 6.18 Å². The molecule has 0 atom stereocenters. The van der Waals surface area contributed by atoms with Gasteiger partial charge in [0.2, 0.25) is 0 Å². The van der Waals surface area contributed by atoms with Gasteiger partial charge < -0.3 is 14.2 Å². The van der Waals surface area contributed by atoms with E-state index in [1.54, 1.807) is 42.5 Å². The summed E-state index contributed by atoms with van der Waals surface area (Å²) in [6.07, 6.45) is -3.26. The van der Waals surface area contributed by atoms with Gasteiger partial charge in [0.15, 0.2) is 22.8 Å². The molecular weight excluding hydrogens is 411 g/mol. The highest BCUT2D eigenvalue weighted by Crippen LogP contribution is 2.37. The van der Waals surface area contributed by atoms with Gasteiger partial charge in [0.25, 0.3) is 0 Å². The molecule has 0 N–H and O–H groups in total. The SMILES string of the molecule is COc1ccc(-c2cc(C(F)(F)F)n3ncc(-c4ccc(OC)c(OC)c4)c3n2)cc1. The molecule has 6 nitrogen and oxygen atoms in total. The smallest absolute Gasteiger partial charge is 0.433 e. The van der Waals surface area contributed by atoms with Crippen molar-refractivity contribution in [2.24, 2.45) is 0 Å². The summed E-state index contributed by atoms with van der Waals surface area (Å²) in [5, 5.41) is 3.96. The fourth-order valence-electron chi connectivity index (χ4n) is 3.28. The van der Waals surface area contributed by atoms with Crippen LogP contribution in [0, 0.1) is 0 Å². The molecule has 2 aromatic carbocycles. The van der Waals surface area contributed by atoms with Crippen molar-refractivity contribution in [2.75, 3.05) is 21.3 Å². The number of rotatable bonds is 5. The maximum Gasteiger partial charge on any atom is 0.433 e. The van der Waals surface area contributed by atoms with Crippen LogP contribution in [0.3, 0.4) is 0 Å². The van der Waals surface area contributed by atoms with E-state index in [0.29, 0.717) is 33.9 Å². The number of nitrogens with zero attached hydrogens (tertiary/aromatic N) is 3. The molecule has 4 rings (SSSR count). The Labute approximate surface area is 175 Å². The minimum atomic E-state index is -4.62. The molecule has 0 amide bonds. The summed E-state index contributed by atoms with van der Waals surface area (Å²) >= 11 is 0. The number of hydrogen-bond donors (Lipinski definition) is 0. The molecule has 160 valence electrons. The summed E-state index contributed by atoms with van der Waals surface area (Å²) in [6, 6.07) is 12.7. The molecular formula is C22H18F3N3O3. The van der Waals surface area contributed by atoms with Crippen molar-refractivity contribution in [3.8, 4) is 39.6 Å². The Balaban J connectivity index is 1.94. The Kier molecular flexibility index (Phi) is 5.18. The zero-order chi connectivity index (χ0) is 22.2. The van der Waals surface area contributed by atoms with Gasteiger partial charge in [-0.3, -0.25) is 0 Å². The van der Waals surface area contributed by atoms with E-state index in [-0.39, 0.29) is 11.3 Å². The fourth-order valence-corrected chi connectivity index (χ4v) is 3.28. The van der Waals surface area contributed by atoms with Crippen LogP contribution in [0.25, 0.3) is 28.0 Å². The minimum absolute atomic E-state index is 0.0767. The Bertz CT molecular complexity index is 1230. The van der Waals surface area contributed by atoms with Gasteiger partial charge in [-0.2, -0.15) is 18.3 Å². The van der Waals surface area contributed by atoms with Gasteiger partial charge in [0.1, 0.15) is 5.75 Å². The van der Waals surface area contributed by atoms with Crippen LogP contribution in [0.5, 0.6) is 17.2 Å². The molecule has 0 saturated heterocycles. The first-order valence-electron chi connectivity index (χ1n) is 9.18. The van der Waals surface area contributed by atoms with E-state index < -0.39 is 11.9 Å². The molecule has 0 unspecified atom stereocenters. The number of ether oxygens (including phenoxy) is 3. The summed E-state index contributed by atoms with van der Waals surface area (Å²) in [5.41, 5.74) is 0.878. The number of halogens is 3. The highest BCUT2D eigenvalue weighted by Gasteiger charge is 2.35. The topological polar surface area (TPSA) is 57.9 Å². The summed E-state index contributed by atoms with van der Waals surface area (Å²) in [5.74, 6) is 1.54. The van der Waals surface area contributed by atoms with Gasteiger partial charge in [-0.1, -0.05) is 6.07 Å². The maximum absolute atomic E-state index is 13.8. The third-order valence-electron chi connectivity index (χ3n) is 4.84. The molecule has 9 heteroatoms. The normalized spacial score (nSPS) is 11.5. The largest absolute Gasteiger partial charge is 0.497 e. The van der Waals surface area contributed by atoms with Crippen molar-refractivity contribution in [3.05, 3.63) is 60.4 Å². The summed E-state index contributed by atoms with van der Waals surface area (Å²) in [6.45, 7) is 0. The second-order valence-corrected chi connectivity index (χ2v) is 6.62. The van der Waals surface area contributed by atoms with Crippen molar-refractivity contribution in [3.63, 3.8) is 0 Å². The van der Waals surface area contributed by atoms with E-state index in [4.69, 9.17) is 14.2 Å². The molecule has 2 heterocycles. The number of benzene rings is 2. The van der Waals surface area contributed by atoms with Gasteiger partial charge in [-0.25, -0.2) is 9.50 Å². The summed E-state index contributed by atoms with van der Waals surface area (Å²) < 4.78 is 57.9. The maximum atomic E-state index is 13.8. The Morgan fingerprint density at radius 3 is 2.10 bits per heavy atom. The number of hydrogen-bond acceptors (Lipinski definition) is 5. The van der Waals surface area contributed by atoms with Crippen LogP contribution >= 0.6 is 0 Å². The van der Waals surface area contributed by atoms with Crippen molar-refractivity contribution < 1.29 is 27.4 Å². The molecule has 0 fully saturated rings. The van der Waals surface area contributed by atoms with Crippen molar-refractivity contribution in [1.82, 2.24) is 14.6 Å². The zero-order valence-corrected chi connectivity index (χ0v) is 16.9. The monoisotopic (exact) mass is 429 g/mol. The van der Waals surface area contributed by atoms with E-state index in [0.717, 1.165) is 10.6 Å². The number of alkyl halides is 3. The molecule has 0 aliphatic carbocycles. The third kappa shape index (κ3) is 3.74. The number of fused-ring (bicyclic) bond motifs is 1. The van der Waals surface area contributed by atoms with Gasteiger partial charge in [-0.15, -0.1) is 0 Å². The third-order valence-corrected chi connectivity index (χ3v) is 4.84. The molecule has 0 aliphatic rings. The quantitative estimate of drug-likeness (QED) is 0.441. The Morgan fingerprint density at radius 2 is 1.48 bits per heavy atom. The molecule has 4 aromatic rings. The lowest BCUT2D eigenvalue weighted by Gasteiger charge is -2.12. The lowest BCUT2D eigenvalue weighted by atomic mass is 10.1. The second kappa shape index (κ2) is 7.82. The highest BCUT2D eigenvalue weighted by atomic mass is 19.4. The lowest BCUT2D eigenvalue weighted by Crippen LogP contribution is -2.13. The van der Waals surface area contributed by atoms with Crippen LogP contribution in [0.4, 0.5) is 13.2 Å². The second-order valence-electron chi connectivity index (χ2n) is 6.62. The zero-order valence-electron chi connectivity index (χ0n) is 16.9. The first kappa shape index (κ1) is 20.5. The van der Waals surface area contributed by atoms with E-state index in [1.807, 2.05) is 0 Å². The fraction of sp³-hybridized carbons (Fsp3) is 0.182. The molecule has 0 saturated carbocycles. The van der Waals surface area contributed by atoms with Gasteiger partial charge in [0.05, 0.1) is 33.2 Å². The van der Waals surface area contributed by atoms with Gasteiger partial charge in [-0.05, 0) is 48.0 Å². The van der Waals surface area contributed by atoms with Crippen molar-refractivity contribution >= 4 is 5.65 Å². The van der Waals surface area contributed by atoms with Crippen LogP contribution in [0.1, 0.15) is 5.69 Å². The lowest BCUT2D eigenvalue weighted by molar-refractivity contribution is -0.142. The predicted octanol–water partition coefficient (Wildman–Crippen LogP) is 5.11. The molecule has 31 heavy (non-hydrogen) atoms. The molecule has 0 aliphatic heterocycles. The van der Waals surface area contributed by atoms with Crippen LogP contribution in [-0.2, 0) is 6.18 Å². The van der Waals surface area contributed by atoms with E-state index >= 15 is 0 Å². The van der Waals surface area contributed by atoms with Crippen LogP contribution < -0.4 is 14.2 Å². The Hall–Kier alpha value is -3.75. The standard InChI is InChI=1S/C22H18F3N3O3/c1-29-15-7-4-13(5-8-15)17-11-20(22(23,24)25)28-21(27-17)16(12-26-28)14-6-9-18(30-2)19(10-14)31-3/h4-12H,1-3H3. The first-order valence-corrected chi connectivity index (χ1v) is 9.18. The molecule has 0 bridgehead atoms. The number of methoxy groups -OCH3 is 3. The Morgan fingerprint density at radius 1 is 0.806 bits per heavy atom.